The molecule has 2 rings (SSSR count). The van der Waals surface area contributed by atoms with E-state index in [1.807, 2.05) is 0 Å². The summed E-state index contributed by atoms with van der Waals surface area (Å²) in [6.45, 7) is 3.80. The largest absolute Gasteiger partial charge is 0.373 e. The summed E-state index contributed by atoms with van der Waals surface area (Å²) in [5, 5.41) is 3.50. The molecule has 1 aliphatic carbocycles. The molecule has 1 aromatic carbocycles. The van der Waals surface area contributed by atoms with Crippen LogP contribution in [0.3, 0.4) is 0 Å². The Bertz CT molecular complexity index is 436. The van der Waals surface area contributed by atoms with Gasteiger partial charge in [-0.15, -0.1) is 0 Å². The number of nitrogens with one attached hydrogen (secondary N) is 1. The van der Waals surface area contributed by atoms with E-state index in [2.05, 4.69) is 53.0 Å². The number of carbonyl (C=O) groups is 1. The first-order valence-electron chi connectivity index (χ1n) is 6.09. The summed E-state index contributed by atoms with van der Waals surface area (Å²) in [5.41, 5.74) is 2.00. The van der Waals surface area contributed by atoms with Gasteiger partial charge in [-0.1, -0.05) is 12.8 Å². The van der Waals surface area contributed by atoms with Gasteiger partial charge in [0, 0.05) is 9.26 Å². The molecule has 1 aliphatic rings. The molecule has 0 aliphatic heterocycles. The highest BCUT2D eigenvalue weighted by atomic mass is 127. The lowest BCUT2D eigenvalue weighted by Crippen LogP contribution is -2.42. The Kier molecular flexibility index (Phi) is 3.76. The van der Waals surface area contributed by atoms with Gasteiger partial charge in [-0.3, -0.25) is 4.79 Å². The summed E-state index contributed by atoms with van der Waals surface area (Å²) in [7, 11) is 0. The van der Waals surface area contributed by atoms with E-state index in [4.69, 9.17) is 0 Å². The van der Waals surface area contributed by atoms with Crippen LogP contribution in [0.1, 0.15) is 38.2 Å². The van der Waals surface area contributed by atoms with Crippen LogP contribution in [0.4, 0.5) is 5.69 Å². The van der Waals surface area contributed by atoms with Gasteiger partial charge in [-0.25, -0.2) is 0 Å². The number of Topliss-reactive ketones (excluding diaryl/α,β-unsaturated/α-hetero) is 1. The summed E-state index contributed by atoms with van der Waals surface area (Å²) in [6.07, 6.45) is 4.23. The summed E-state index contributed by atoms with van der Waals surface area (Å²) in [4.78, 5) is 11.9. The number of hydrogen-bond acceptors (Lipinski definition) is 2. The van der Waals surface area contributed by atoms with Gasteiger partial charge in [0.05, 0.1) is 5.54 Å². The number of carbonyl (C=O) groups excluding carboxylic acids is 1. The molecule has 17 heavy (non-hydrogen) atoms. The Hall–Kier alpha value is -0.580. The minimum atomic E-state index is -0.308. The van der Waals surface area contributed by atoms with E-state index in [-0.39, 0.29) is 11.3 Å². The van der Waals surface area contributed by atoms with Gasteiger partial charge in [0.2, 0.25) is 0 Å². The molecule has 0 atom stereocenters. The molecule has 3 heteroatoms. The van der Waals surface area contributed by atoms with Crippen LogP contribution in [-0.4, -0.2) is 11.3 Å². The molecule has 92 valence electrons. The fourth-order valence-corrected chi connectivity index (χ4v) is 3.22. The Labute approximate surface area is 116 Å². The maximum absolute atomic E-state index is 11.9. The van der Waals surface area contributed by atoms with Crippen molar-refractivity contribution >= 4 is 34.1 Å². The normalized spacial score (nSPS) is 18.1. The van der Waals surface area contributed by atoms with Crippen LogP contribution in [0.5, 0.6) is 0 Å². The molecule has 1 fully saturated rings. The van der Waals surface area contributed by atoms with Crippen molar-refractivity contribution in [3.8, 4) is 0 Å². The molecule has 0 amide bonds. The smallest absolute Gasteiger partial charge is 0.155 e. The van der Waals surface area contributed by atoms with Crippen molar-refractivity contribution in [3.63, 3.8) is 0 Å². The highest BCUT2D eigenvalue weighted by molar-refractivity contribution is 14.1. The van der Waals surface area contributed by atoms with Crippen LogP contribution in [0, 0.1) is 10.5 Å². The van der Waals surface area contributed by atoms with Crippen LogP contribution in [-0.2, 0) is 4.79 Å². The van der Waals surface area contributed by atoms with Crippen molar-refractivity contribution in [2.24, 2.45) is 0 Å². The Balaban J connectivity index is 2.26. The lowest BCUT2D eigenvalue weighted by Gasteiger charge is -2.29. The average Bonchev–Trinajstić information content (AvgIpc) is 2.72. The van der Waals surface area contributed by atoms with Crippen molar-refractivity contribution in [1.29, 1.82) is 0 Å². The van der Waals surface area contributed by atoms with Gasteiger partial charge < -0.3 is 5.32 Å². The number of rotatable bonds is 3. The molecule has 1 saturated carbocycles. The zero-order chi connectivity index (χ0) is 12.5. The van der Waals surface area contributed by atoms with Crippen molar-refractivity contribution in [2.45, 2.75) is 45.1 Å². The molecular formula is C14H18INO. The van der Waals surface area contributed by atoms with Crippen molar-refractivity contribution in [1.82, 2.24) is 0 Å². The van der Waals surface area contributed by atoms with Crippen LogP contribution in [0.2, 0.25) is 0 Å². The van der Waals surface area contributed by atoms with Crippen LogP contribution in [0.25, 0.3) is 0 Å². The third-order valence-electron chi connectivity index (χ3n) is 3.69. The average molecular weight is 343 g/mol. The maximum atomic E-state index is 11.9. The summed E-state index contributed by atoms with van der Waals surface area (Å²) in [5.74, 6) is 0.271. The topological polar surface area (TPSA) is 29.1 Å². The lowest BCUT2D eigenvalue weighted by atomic mass is 9.92. The van der Waals surface area contributed by atoms with Crippen LogP contribution in [0.15, 0.2) is 18.2 Å². The molecule has 0 radical (unpaired) electrons. The summed E-state index contributed by atoms with van der Waals surface area (Å²) in [6, 6.07) is 6.31. The lowest BCUT2D eigenvalue weighted by molar-refractivity contribution is -0.121. The van der Waals surface area contributed by atoms with E-state index >= 15 is 0 Å². The van der Waals surface area contributed by atoms with E-state index in [0.717, 1.165) is 31.4 Å². The number of hydrogen-bond donors (Lipinski definition) is 1. The molecule has 0 spiro atoms. The van der Waals surface area contributed by atoms with Gasteiger partial charge in [0.25, 0.3) is 0 Å². The molecule has 1 N–H and O–H groups in total. The molecular weight excluding hydrogens is 325 g/mol. The van der Waals surface area contributed by atoms with Gasteiger partial charge in [0.15, 0.2) is 5.78 Å². The van der Waals surface area contributed by atoms with Gasteiger partial charge in [-0.2, -0.15) is 0 Å². The first-order valence-corrected chi connectivity index (χ1v) is 7.17. The monoisotopic (exact) mass is 343 g/mol. The van der Waals surface area contributed by atoms with Gasteiger partial charge in [-0.05, 0) is 73.0 Å². The predicted octanol–water partition coefficient (Wildman–Crippen LogP) is 3.91. The zero-order valence-corrected chi connectivity index (χ0v) is 12.5. The molecule has 1 aromatic rings. The van der Waals surface area contributed by atoms with Gasteiger partial charge >= 0.3 is 0 Å². The van der Waals surface area contributed by atoms with E-state index in [1.165, 1.54) is 9.13 Å². The van der Waals surface area contributed by atoms with E-state index in [1.54, 1.807) is 6.92 Å². The first-order chi connectivity index (χ1) is 8.03. The zero-order valence-electron chi connectivity index (χ0n) is 10.3. The van der Waals surface area contributed by atoms with E-state index in [9.17, 15) is 4.79 Å². The predicted molar refractivity (Wildman–Crippen MR) is 79.4 cm³/mol. The Morgan fingerprint density at radius 3 is 2.53 bits per heavy atom. The summed E-state index contributed by atoms with van der Waals surface area (Å²) >= 11 is 2.31. The fraction of sp³-hybridized carbons (Fsp3) is 0.500. The molecule has 0 bridgehead atoms. The van der Waals surface area contributed by atoms with Crippen molar-refractivity contribution < 1.29 is 4.79 Å². The highest BCUT2D eigenvalue weighted by Gasteiger charge is 2.38. The molecule has 0 aromatic heterocycles. The second-order valence-electron chi connectivity index (χ2n) is 4.93. The third kappa shape index (κ3) is 2.64. The standard InChI is InChI=1S/C14H18INO/c1-10-9-12(15)5-6-13(10)16-14(11(2)17)7-3-4-8-14/h5-6,9,16H,3-4,7-8H2,1-2H3. The quantitative estimate of drug-likeness (QED) is 0.843. The fourth-order valence-electron chi connectivity index (χ4n) is 2.57. The SMILES string of the molecule is CC(=O)C1(Nc2ccc(I)cc2C)CCCC1. The number of ketones is 1. The maximum Gasteiger partial charge on any atom is 0.155 e. The second kappa shape index (κ2) is 4.96. The van der Waals surface area contributed by atoms with Crippen molar-refractivity contribution in [3.05, 3.63) is 27.3 Å². The number of aryl methyl sites for hydroxylation is 1. The van der Waals surface area contributed by atoms with Crippen LogP contribution >= 0.6 is 22.6 Å². The number of anilines is 1. The minimum Gasteiger partial charge on any atom is -0.373 e. The summed E-state index contributed by atoms with van der Waals surface area (Å²) < 4.78 is 1.23. The van der Waals surface area contributed by atoms with Crippen LogP contribution < -0.4 is 5.32 Å². The van der Waals surface area contributed by atoms with Crippen molar-refractivity contribution in [2.75, 3.05) is 5.32 Å². The number of benzene rings is 1. The Morgan fingerprint density at radius 1 is 1.35 bits per heavy atom. The third-order valence-corrected chi connectivity index (χ3v) is 4.36. The first kappa shape index (κ1) is 12.9. The van der Waals surface area contributed by atoms with E-state index < -0.39 is 0 Å². The van der Waals surface area contributed by atoms with Gasteiger partial charge in [0.1, 0.15) is 0 Å². The molecule has 2 nitrogen and oxygen atoms in total. The Morgan fingerprint density at radius 2 is 2.00 bits per heavy atom. The minimum absolute atomic E-state index is 0.271. The molecule has 0 unspecified atom stereocenters. The molecule has 0 heterocycles. The number of halogens is 1. The second-order valence-corrected chi connectivity index (χ2v) is 6.18. The highest BCUT2D eigenvalue weighted by Crippen LogP contribution is 2.35. The van der Waals surface area contributed by atoms with E-state index in [0.29, 0.717) is 0 Å². The molecule has 0 saturated heterocycles.